The number of fused-ring (bicyclic) bond motifs is 1. The summed E-state index contributed by atoms with van der Waals surface area (Å²) in [5.41, 5.74) is 0.904. The number of piperazine rings is 1. The highest BCUT2D eigenvalue weighted by molar-refractivity contribution is 5.18. The second-order valence-corrected chi connectivity index (χ2v) is 7.85. The molecule has 1 aromatic rings. The second-order valence-electron chi connectivity index (χ2n) is 7.85. The molecule has 0 radical (unpaired) electrons. The van der Waals surface area contributed by atoms with Gasteiger partial charge in [0.25, 0.3) is 0 Å². The molecule has 24 heavy (non-hydrogen) atoms. The molecule has 2 atom stereocenters. The minimum absolute atomic E-state index is 0.592. The molecule has 2 saturated heterocycles. The summed E-state index contributed by atoms with van der Waals surface area (Å²) in [7, 11) is 0. The molecule has 1 saturated carbocycles. The monoisotopic (exact) mass is 334 g/mol. The summed E-state index contributed by atoms with van der Waals surface area (Å²) < 4.78 is 26.8. The van der Waals surface area contributed by atoms with Gasteiger partial charge in [-0.25, -0.2) is 8.78 Å². The van der Waals surface area contributed by atoms with E-state index in [1.165, 1.54) is 63.6 Å². The first-order valence-corrected chi connectivity index (χ1v) is 9.64. The normalized spacial score (nSPS) is 29.8. The molecule has 3 fully saturated rings. The van der Waals surface area contributed by atoms with Crippen LogP contribution >= 0.6 is 0 Å². The van der Waals surface area contributed by atoms with Crippen molar-refractivity contribution in [3.8, 4) is 0 Å². The number of benzene rings is 1. The summed E-state index contributed by atoms with van der Waals surface area (Å²) in [6.07, 6.45) is 9.37. The maximum Gasteiger partial charge on any atom is 0.159 e. The standard InChI is InChI=1S/C20H28F2N2/c21-17-9-8-15(13-18(17)22)14-24-12-11-23-10-4-7-19(23)20(24)16-5-2-1-3-6-16/h8-9,13,16,19-20H,1-7,10-12,14H2. The van der Waals surface area contributed by atoms with E-state index in [1.807, 2.05) is 0 Å². The van der Waals surface area contributed by atoms with Crippen LogP contribution in [0.3, 0.4) is 0 Å². The van der Waals surface area contributed by atoms with E-state index in [0.29, 0.717) is 12.1 Å². The Hall–Kier alpha value is -1.00. The lowest BCUT2D eigenvalue weighted by molar-refractivity contribution is -0.00385. The predicted molar refractivity (Wildman–Crippen MR) is 91.7 cm³/mol. The quantitative estimate of drug-likeness (QED) is 0.818. The molecule has 4 heteroatoms. The lowest BCUT2D eigenvalue weighted by Crippen LogP contribution is -2.59. The topological polar surface area (TPSA) is 6.48 Å². The molecule has 0 N–H and O–H groups in total. The van der Waals surface area contributed by atoms with Crippen LogP contribution < -0.4 is 0 Å². The van der Waals surface area contributed by atoms with Crippen LogP contribution in [0.15, 0.2) is 18.2 Å². The van der Waals surface area contributed by atoms with Gasteiger partial charge in [-0.2, -0.15) is 0 Å². The fourth-order valence-electron chi connectivity index (χ4n) is 5.31. The Morgan fingerprint density at radius 3 is 2.50 bits per heavy atom. The Kier molecular flexibility index (Phi) is 4.86. The van der Waals surface area contributed by atoms with Crippen LogP contribution in [0.4, 0.5) is 8.78 Å². The van der Waals surface area contributed by atoms with Crippen molar-refractivity contribution < 1.29 is 8.78 Å². The maximum atomic E-state index is 13.6. The van der Waals surface area contributed by atoms with E-state index < -0.39 is 11.6 Å². The zero-order chi connectivity index (χ0) is 16.5. The molecule has 0 spiro atoms. The van der Waals surface area contributed by atoms with E-state index in [4.69, 9.17) is 0 Å². The van der Waals surface area contributed by atoms with Crippen LogP contribution in [-0.2, 0) is 6.54 Å². The highest BCUT2D eigenvalue weighted by atomic mass is 19.2. The fourth-order valence-corrected chi connectivity index (χ4v) is 5.31. The lowest BCUT2D eigenvalue weighted by Gasteiger charge is -2.49. The van der Waals surface area contributed by atoms with Gasteiger partial charge in [-0.3, -0.25) is 9.80 Å². The first-order chi connectivity index (χ1) is 11.7. The van der Waals surface area contributed by atoms with Crippen LogP contribution in [0.2, 0.25) is 0 Å². The maximum absolute atomic E-state index is 13.6. The average molecular weight is 334 g/mol. The molecule has 4 rings (SSSR count). The Morgan fingerprint density at radius 2 is 1.71 bits per heavy atom. The van der Waals surface area contributed by atoms with Gasteiger partial charge in [-0.1, -0.05) is 25.3 Å². The van der Waals surface area contributed by atoms with E-state index in [2.05, 4.69) is 9.80 Å². The molecule has 2 aliphatic heterocycles. The molecule has 0 bridgehead atoms. The van der Waals surface area contributed by atoms with Gasteiger partial charge in [0, 0.05) is 31.7 Å². The van der Waals surface area contributed by atoms with E-state index in [1.54, 1.807) is 6.07 Å². The van der Waals surface area contributed by atoms with Gasteiger partial charge in [0.15, 0.2) is 11.6 Å². The summed E-state index contributed by atoms with van der Waals surface area (Å²) in [5.74, 6) is -0.695. The molecule has 132 valence electrons. The first kappa shape index (κ1) is 16.5. The highest BCUT2D eigenvalue weighted by Gasteiger charge is 2.42. The minimum Gasteiger partial charge on any atom is -0.298 e. The van der Waals surface area contributed by atoms with Crippen molar-refractivity contribution in [3.05, 3.63) is 35.4 Å². The van der Waals surface area contributed by atoms with Crippen LogP contribution in [0.5, 0.6) is 0 Å². The number of hydrogen-bond acceptors (Lipinski definition) is 2. The van der Waals surface area contributed by atoms with Crippen molar-refractivity contribution in [1.82, 2.24) is 9.80 Å². The zero-order valence-corrected chi connectivity index (χ0v) is 14.4. The van der Waals surface area contributed by atoms with E-state index in [0.717, 1.165) is 31.1 Å². The molecule has 0 amide bonds. The largest absolute Gasteiger partial charge is 0.298 e. The van der Waals surface area contributed by atoms with Crippen LogP contribution in [0, 0.1) is 17.6 Å². The Bertz CT molecular complexity index is 571. The van der Waals surface area contributed by atoms with Gasteiger partial charge in [0.2, 0.25) is 0 Å². The van der Waals surface area contributed by atoms with Gasteiger partial charge in [0.1, 0.15) is 0 Å². The fraction of sp³-hybridized carbons (Fsp3) is 0.700. The molecule has 3 aliphatic rings. The van der Waals surface area contributed by atoms with Gasteiger partial charge in [-0.05, 0) is 55.8 Å². The summed E-state index contributed by atoms with van der Waals surface area (Å²) in [5, 5.41) is 0. The lowest BCUT2D eigenvalue weighted by atomic mass is 9.78. The predicted octanol–water partition coefficient (Wildman–Crippen LogP) is 4.19. The third-order valence-electron chi connectivity index (χ3n) is 6.41. The molecule has 2 nitrogen and oxygen atoms in total. The van der Waals surface area contributed by atoms with Gasteiger partial charge in [0.05, 0.1) is 0 Å². The van der Waals surface area contributed by atoms with Gasteiger partial charge < -0.3 is 0 Å². The van der Waals surface area contributed by atoms with Crippen molar-refractivity contribution in [2.24, 2.45) is 5.92 Å². The first-order valence-electron chi connectivity index (χ1n) is 9.64. The summed E-state index contributed by atoms with van der Waals surface area (Å²) in [4.78, 5) is 5.26. The van der Waals surface area contributed by atoms with E-state index in [-0.39, 0.29) is 0 Å². The van der Waals surface area contributed by atoms with E-state index in [9.17, 15) is 8.78 Å². The van der Waals surface area contributed by atoms with Crippen molar-refractivity contribution in [2.75, 3.05) is 19.6 Å². The Morgan fingerprint density at radius 1 is 0.875 bits per heavy atom. The van der Waals surface area contributed by atoms with Crippen LogP contribution in [-0.4, -0.2) is 41.5 Å². The Balaban J connectivity index is 1.55. The van der Waals surface area contributed by atoms with Crippen molar-refractivity contribution in [3.63, 3.8) is 0 Å². The third-order valence-corrected chi connectivity index (χ3v) is 6.41. The number of nitrogens with zero attached hydrogens (tertiary/aromatic N) is 2. The molecule has 0 aromatic heterocycles. The molecular formula is C20H28F2N2. The molecule has 2 heterocycles. The second kappa shape index (κ2) is 7.09. The summed E-state index contributed by atoms with van der Waals surface area (Å²) in [6, 6.07) is 5.67. The number of hydrogen-bond donors (Lipinski definition) is 0. The Labute approximate surface area is 143 Å². The van der Waals surface area contributed by atoms with Gasteiger partial charge in [-0.15, -0.1) is 0 Å². The minimum atomic E-state index is -0.747. The summed E-state index contributed by atoms with van der Waals surface area (Å²) in [6.45, 7) is 4.17. The van der Waals surface area contributed by atoms with E-state index >= 15 is 0 Å². The molecule has 2 unspecified atom stereocenters. The SMILES string of the molecule is Fc1ccc(CN2CCN3CCCC3C2C2CCCCC2)cc1F. The van der Waals surface area contributed by atoms with Gasteiger partial charge >= 0.3 is 0 Å². The third kappa shape index (κ3) is 3.23. The number of halogens is 2. The average Bonchev–Trinajstić information content (AvgIpc) is 3.07. The zero-order valence-electron chi connectivity index (χ0n) is 14.4. The number of rotatable bonds is 3. The van der Waals surface area contributed by atoms with Crippen molar-refractivity contribution in [2.45, 2.75) is 63.6 Å². The molecular weight excluding hydrogens is 306 g/mol. The smallest absolute Gasteiger partial charge is 0.159 e. The molecule has 1 aromatic carbocycles. The van der Waals surface area contributed by atoms with Crippen LogP contribution in [0.25, 0.3) is 0 Å². The summed E-state index contributed by atoms with van der Waals surface area (Å²) >= 11 is 0. The van der Waals surface area contributed by atoms with Crippen molar-refractivity contribution in [1.29, 1.82) is 0 Å². The van der Waals surface area contributed by atoms with Crippen LogP contribution in [0.1, 0.15) is 50.5 Å². The highest BCUT2D eigenvalue weighted by Crippen LogP contribution is 2.38. The molecule has 1 aliphatic carbocycles. The van der Waals surface area contributed by atoms with Crippen molar-refractivity contribution >= 4 is 0 Å².